The van der Waals surface area contributed by atoms with E-state index in [2.05, 4.69) is 33.5 Å². The van der Waals surface area contributed by atoms with Crippen LogP contribution in [-0.2, 0) is 16.4 Å². The second kappa shape index (κ2) is 9.15. The van der Waals surface area contributed by atoms with Gasteiger partial charge in [0.1, 0.15) is 0 Å². The Bertz CT molecular complexity index is 981. The molecule has 0 spiro atoms. The Labute approximate surface area is 185 Å². The number of sulfonamides is 1. The summed E-state index contributed by atoms with van der Waals surface area (Å²) in [6.07, 6.45) is 0.716. The topological polar surface area (TPSA) is 57.6 Å². The zero-order chi connectivity index (χ0) is 22.1. The Balaban J connectivity index is 1.97. The summed E-state index contributed by atoms with van der Waals surface area (Å²) in [7, 11) is -3.70. The fourth-order valence-corrected chi connectivity index (χ4v) is 9.88. The van der Waals surface area contributed by atoms with Crippen molar-refractivity contribution in [2.45, 2.75) is 51.6 Å². The van der Waals surface area contributed by atoms with Crippen LogP contribution >= 0.6 is 0 Å². The van der Waals surface area contributed by atoms with Gasteiger partial charge in [-0.3, -0.25) is 0 Å². The van der Waals surface area contributed by atoms with Crippen molar-refractivity contribution < 1.29 is 13.5 Å². The fraction of sp³-hybridized carbons (Fsp3) is 0.417. The second-order valence-electron chi connectivity index (χ2n) is 9.35. The van der Waals surface area contributed by atoms with Crippen molar-refractivity contribution in [1.29, 1.82) is 0 Å². The monoisotopic (exact) mass is 535 g/mol. The third kappa shape index (κ3) is 5.01. The molecule has 2 aromatic carbocycles. The number of rotatable bonds is 7. The molecule has 1 N–H and O–H groups in total. The van der Waals surface area contributed by atoms with Gasteiger partial charge in [0.2, 0.25) is 0 Å². The molecule has 2 aromatic rings. The van der Waals surface area contributed by atoms with E-state index >= 15 is 0 Å². The number of β-amino-alcohol motifs (C(OH)–C–C–N with tert-alkyl or cyclic N) is 1. The van der Waals surface area contributed by atoms with Crippen molar-refractivity contribution in [3.8, 4) is 0 Å². The van der Waals surface area contributed by atoms with Crippen LogP contribution in [0, 0.1) is 12.8 Å². The zero-order valence-electron chi connectivity index (χ0n) is 18.4. The average Bonchev–Trinajstić information content (AvgIpc) is 3.03. The number of nitrogens with zero attached hydrogens (tertiary/aromatic N) is 1. The van der Waals surface area contributed by atoms with Gasteiger partial charge in [0.25, 0.3) is 0 Å². The summed E-state index contributed by atoms with van der Waals surface area (Å²) in [5.74, 6) is -0.204. The minimum atomic E-state index is -3.70. The van der Waals surface area contributed by atoms with E-state index in [1.807, 2.05) is 37.3 Å². The molecule has 3 atom stereocenters. The van der Waals surface area contributed by atoms with Gasteiger partial charge in [0.15, 0.2) is 0 Å². The molecule has 0 amide bonds. The molecule has 0 saturated carbocycles. The van der Waals surface area contributed by atoms with Crippen LogP contribution in [0.2, 0.25) is 14.8 Å². The number of hydrogen-bond donors (Lipinski definition) is 1. The Morgan fingerprint density at radius 3 is 2.27 bits per heavy atom. The summed E-state index contributed by atoms with van der Waals surface area (Å²) in [6.45, 7) is 6.44. The maximum atomic E-state index is 13.5. The van der Waals surface area contributed by atoms with Crippen LogP contribution < -0.4 is 0 Å². The summed E-state index contributed by atoms with van der Waals surface area (Å²) in [6, 6.07) is 16.8. The Hall–Kier alpha value is -1.15. The molecule has 1 aliphatic heterocycles. The summed E-state index contributed by atoms with van der Waals surface area (Å²) >= 11 is -2.56. The summed E-state index contributed by atoms with van der Waals surface area (Å²) in [5, 5.41) is 11.0. The van der Waals surface area contributed by atoms with Crippen LogP contribution in [0.5, 0.6) is 0 Å². The summed E-state index contributed by atoms with van der Waals surface area (Å²) in [5.41, 5.74) is 2.19. The number of aliphatic hydroxyl groups excluding tert-OH is 1. The molecule has 162 valence electrons. The maximum absolute atomic E-state index is 13.5. The van der Waals surface area contributed by atoms with Crippen LogP contribution in [0.4, 0.5) is 0 Å². The number of aryl methyl sites for hydroxylation is 2. The molecule has 1 saturated heterocycles. The third-order valence-corrected chi connectivity index (χ3v) is 14.5. The Morgan fingerprint density at radius 2 is 1.70 bits per heavy atom. The van der Waals surface area contributed by atoms with Crippen LogP contribution in [0.15, 0.2) is 69.7 Å². The van der Waals surface area contributed by atoms with E-state index < -0.39 is 34.5 Å². The van der Waals surface area contributed by atoms with E-state index in [9.17, 15) is 13.5 Å². The predicted molar refractivity (Wildman–Crippen MR) is 126 cm³/mol. The second-order valence-corrected chi connectivity index (χ2v) is 25.9. The molecule has 30 heavy (non-hydrogen) atoms. The van der Waals surface area contributed by atoms with Crippen LogP contribution in [0.1, 0.15) is 17.5 Å². The molecule has 0 radical (unpaired) electrons. The minimum absolute atomic E-state index is 0.126. The van der Waals surface area contributed by atoms with E-state index in [0.717, 1.165) is 15.6 Å². The third-order valence-electron chi connectivity index (χ3n) is 6.13. The molecule has 4 nitrogen and oxygen atoms in total. The molecule has 1 fully saturated rings. The Morgan fingerprint density at radius 1 is 1.10 bits per heavy atom. The molecule has 0 aromatic heterocycles. The van der Waals surface area contributed by atoms with Gasteiger partial charge < -0.3 is 0 Å². The first-order valence-corrected chi connectivity index (χ1v) is 21.9. The normalized spacial score (nSPS) is 22.9. The summed E-state index contributed by atoms with van der Waals surface area (Å²) in [4.78, 5) is 7.11. The van der Waals surface area contributed by atoms with Crippen LogP contribution in [-0.4, -0.2) is 54.9 Å². The van der Waals surface area contributed by atoms with Gasteiger partial charge in [0, 0.05) is 0 Å². The first-order valence-electron chi connectivity index (χ1n) is 10.5. The van der Waals surface area contributed by atoms with Gasteiger partial charge in [-0.25, -0.2) is 0 Å². The molecule has 0 bridgehead atoms. The van der Waals surface area contributed by atoms with Gasteiger partial charge in [-0.2, -0.15) is 0 Å². The van der Waals surface area contributed by atoms with E-state index in [1.165, 1.54) is 5.56 Å². The molecular weight excluding hydrogens is 501 g/mol. The van der Waals surface area contributed by atoms with E-state index in [1.54, 1.807) is 16.4 Å². The van der Waals surface area contributed by atoms with Crippen molar-refractivity contribution >= 4 is 28.4 Å². The van der Waals surface area contributed by atoms with Gasteiger partial charge >= 0.3 is 186 Å². The molecule has 1 heterocycles. The van der Waals surface area contributed by atoms with Crippen molar-refractivity contribution in [2.24, 2.45) is 5.92 Å². The predicted octanol–water partition coefficient (Wildman–Crippen LogP) is 4.41. The van der Waals surface area contributed by atoms with Gasteiger partial charge in [-0.05, 0) is 0 Å². The van der Waals surface area contributed by atoms with E-state index in [-0.39, 0.29) is 23.4 Å². The van der Waals surface area contributed by atoms with Crippen molar-refractivity contribution in [2.75, 3.05) is 6.54 Å². The van der Waals surface area contributed by atoms with Crippen molar-refractivity contribution in [1.82, 2.24) is 4.31 Å². The molecule has 3 rings (SSSR count). The first-order chi connectivity index (χ1) is 14.0. The van der Waals surface area contributed by atoms with Crippen molar-refractivity contribution in [3.05, 3.63) is 75.9 Å². The first kappa shape index (κ1) is 23.5. The van der Waals surface area contributed by atoms with Gasteiger partial charge in [0.05, 0.1) is 0 Å². The van der Waals surface area contributed by atoms with Crippen LogP contribution in [0.3, 0.4) is 0 Å². The Kier molecular flexibility index (Phi) is 7.17. The van der Waals surface area contributed by atoms with Gasteiger partial charge in [-0.1, -0.05) is 0 Å². The standard InChI is InChI=1S/C21H24NO3S.3CH3.Sn/c1-3-19-20(14-11-17-7-5-4-6-8-17)22(15-21(19)23)26(24,25)18-12-9-16(2)10-13-18;;;;/h4-10,12-13,19-21,23H,1,11,14-15H2,2H3;3*1H3;/t19-,20-,21-;;;;/m0..../s1. The number of hydrogen-bond acceptors (Lipinski definition) is 3. The van der Waals surface area contributed by atoms with Crippen LogP contribution in [0.25, 0.3) is 0 Å². The van der Waals surface area contributed by atoms with Gasteiger partial charge in [-0.15, -0.1) is 0 Å². The number of aliphatic hydroxyl groups is 1. The molecule has 0 aliphatic carbocycles. The molecule has 1 aliphatic rings. The summed E-state index contributed by atoms with van der Waals surface area (Å²) < 4.78 is 29.7. The molecule has 0 unspecified atom stereocenters. The van der Waals surface area contributed by atoms with E-state index in [4.69, 9.17) is 0 Å². The quantitative estimate of drug-likeness (QED) is 0.536. The molecular formula is C24H33NO3SSn. The zero-order valence-corrected chi connectivity index (χ0v) is 22.0. The fourth-order valence-electron chi connectivity index (χ4n) is 4.24. The molecule has 6 heteroatoms. The average molecular weight is 534 g/mol. The number of benzene rings is 2. The van der Waals surface area contributed by atoms with E-state index in [0.29, 0.717) is 6.42 Å². The van der Waals surface area contributed by atoms with Crippen molar-refractivity contribution in [3.63, 3.8) is 0 Å². The SMILES string of the molecule is C=[C]([C@@H]1[C@@H](O)CN(S(=O)(=O)c2ccc(C)cc2)[C@H]1CCc1ccccc1)[Sn]([CH3])([CH3])[CH3].